The third kappa shape index (κ3) is 5.17. The van der Waals surface area contributed by atoms with Crippen molar-refractivity contribution in [3.05, 3.63) is 0 Å². The molecule has 1 fully saturated rings. The van der Waals surface area contributed by atoms with Gasteiger partial charge in [0.15, 0.2) is 0 Å². The molecule has 1 N–H and O–H groups in total. The topological polar surface area (TPSA) is 38.3 Å². The standard InChI is InChI=1S/C12H23NO2/c1-3-4-10(2)15-12(14)6-5-11-7-8-13-9-11/h10-11,13H,3-9H2,1-2H3. The van der Waals surface area contributed by atoms with Gasteiger partial charge in [0, 0.05) is 6.42 Å². The molecule has 3 nitrogen and oxygen atoms in total. The lowest BCUT2D eigenvalue weighted by Crippen LogP contribution is -2.16. The van der Waals surface area contributed by atoms with Crippen LogP contribution in [0.4, 0.5) is 0 Å². The maximum Gasteiger partial charge on any atom is 0.306 e. The Morgan fingerprint density at radius 3 is 3.00 bits per heavy atom. The quantitative estimate of drug-likeness (QED) is 0.687. The Kier molecular flexibility index (Phi) is 5.69. The molecule has 2 atom stereocenters. The Morgan fingerprint density at radius 1 is 1.60 bits per heavy atom. The third-order valence-corrected chi connectivity index (χ3v) is 2.95. The predicted molar refractivity (Wildman–Crippen MR) is 60.7 cm³/mol. The van der Waals surface area contributed by atoms with Gasteiger partial charge in [-0.2, -0.15) is 0 Å². The number of hydrogen-bond donors (Lipinski definition) is 1. The summed E-state index contributed by atoms with van der Waals surface area (Å²) in [6.07, 6.45) is 4.89. The highest BCUT2D eigenvalue weighted by Gasteiger charge is 2.16. The van der Waals surface area contributed by atoms with Gasteiger partial charge in [-0.3, -0.25) is 4.79 Å². The van der Waals surface area contributed by atoms with Gasteiger partial charge >= 0.3 is 5.97 Å². The fourth-order valence-corrected chi connectivity index (χ4v) is 2.03. The lowest BCUT2D eigenvalue weighted by atomic mass is 10.0. The summed E-state index contributed by atoms with van der Waals surface area (Å²) in [5.74, 6) is 0.655. The second-order valence-corrected chi connectivity index (χ2v) is 4.49. The van der Waals surface area contributed by atoms with Crippen molar-refractivity contribution >= 4 is 5.97 Å². The highest BCUT2D eigenvalue weighted by atomic mass is 16.5. The largest absolute Gasteiger partial charge is 0.463 e. The van der Waals surface area contributed by atoms with Crippen LogP contribution in [-0.4, -0.2) is 25.2 Å². The van der Waals surface area contributed by atoms with Gasteiger partial charge in [0.2, 0.25) is 0 Å². The van der Waals surface area contributed by atoms with E-state index < -0.39 is 0 Å². The summed E-state index contributed by atoms with van der Waals surface area (Å²) in [5.41, 5.74) is 0. The molecule has 0 aromatic rings. The summed E-state index contributed by atoms with van der Waals surface area (Å²) in [6.45, 7) is 6.25. The number of ether oxygens (including phenoxy) is 1. The van der Waals surface area contributed by atoms with Crippen molar-refractivity contribution in [2.75, 3.05) is 13.1 Å². The minimum Gasteiger partial charge on any atom is -0.463 e. The first-order valence-corrected chi connectivity index (χ1v) is 6.12. The molecule has 1 rings (SSSR count). The number of carbonyl (C=O) groups excluding carboxylic acids is 1. The number of carbonyl (C=O) groups is 1. The van der Waals surface area contributed by atoms with Crippen LogP contribution >= 0.6 is 0 Å². The molecule has 88 valence electrons. The summed E-state index contributed by atoms with van der Waals surface area (Å²) in [4.78, 5) is 11.4. The van der Waals surface area contributed by atoms with Gasteiger partial charge in [-0.05, 0) is 45.2 Å². The maximum atomic E-state index is 11.4. The average molecular weight is 213 g/mol. The normalized spacial score (nSPS) is 22.7. The molecule has 3 heteroatoms. The molecule has 2 unspecified atom stereocenters. The predicted octanol–water partition coefficient (Wildman–Crippen LogP) is 2.11. The number of esters is 1. The Bertz CT molecular complexity index is 188. The van der Waals surface area contributed by atoms with Gasteiger partial charge in [0.25, 0.3) is 0 Å². The molecule has 1 saturated heterocycles. The summed E-state index contributed by atoms with van der Waals surface area (Å²) >= 11 is 0. The molecule has 0 spiro atoms. The first kappa shape index (κ1) is 12.5. The molecular formula is C12H23NO2. The van der Waals surface area contributed by atoms with Crippen LogP contribution in [0.3, 0.4) is 0 Å². The van der Waals surface area contributed by atoms with E-state index in [2.05, 4.69) is 12.2 Å². The molecule has 0 amide bonds. The molecule has 1 heterocycles. The van der Waals surface area contributed by atoms with Crippen molar-refractivity contribution in [1.82, 2.24) is 5.32 Å². The van der Waals surface area contributed by atoms with Crippen molar-refractivity contribution < 1.29 is 9.53 Å². The second-order valence-electron chi connectivity index (χ2n) is 4.49. The van der Waals surface area contributed by atoms with E-state index in [4.69, 9.17) is 4.74 Å². The van der Waals surface area contributed by atoms with Crippen LogP contribution in [0.5, 0.6) is 0 Å². The van der Waals surface area contributed by atoms with Gasteiger partial charge in [0.05, 0.1) is 6.10 Å². The summed E-state index contributed by atoms with van der Waals surface area (Å²) < 4.78 is 5.29. The van der Waals surface area contributed by atoms with Crippen LogP contribution in [0.2, 0.25) is 0 Å². The van der Waals surface area contributed by atoms with Crippen molar-refractivity contribution in [2.45, 2.75) is 52.1 Å². The lowest BCUT2D eigenvalue weighted by molar-refractivity contribution is -0.148. The summed E-state index contributed by atoms with van der Waals surface area (Å²) in [5, 5.41) is 3.31. The van der Waals surface area contributed by atoms with Crippen molar-refractivity contribution in [1.29, 1.82) is 0 Å². The first-order valence-electron chi connectivity index (χ1n) is 6.12. The van der Waals surface area contributed by atoms with E-state index in [0.29, 0.717) is 12.3 Å². The molecular weight excluding hydrogens is 190 g/mol. The van der Waals surface area contributed by atoms with E-state index in [9.17, 15) is 4.79 Å². The van der Waals surface area contributed by atoms with Crippen LogP contribution in [0.15, 0.2) is 0 Å². The fourth-order valence-electron chi connectivity index (χ4n) is 2.03. The molecule has 0 bridgehead atoms. The van der Waals surface area contributed by atoms with E-state index in [1.165, 1.54) is 6.42 Å². The minimum absolute atomic E-state index is 0.0251. The van der Waals surface area contributed by atoms with Gasteiger partial charge in [-0.25, -0.2) is 0 Å². The lowest BCUT2D eigenvalue weighted by Gasteiger charge is -2.13. The fraction of sp³-hybridized carbons (Fsp3) is 0.917. The third-order valence-electron chi connectivity index (χ3n) is 2.95. The van der Waals surface area contributed by atoms with Crippen molar-refractivity contribution in [3.63, 3.8) is 0 Å². The zero-order valence-corrected chi connectivity index (χ0v) is 9.92. The van der Waals surface area contributed by atoms with E-state index in [1.807, 2.05) is 6.92 Å². The average Bonchev–Trinajstić information content (AvgIpc) is 2.67. The van der Waals surface area contributed by atoms with E-state index in [-0.39, 0.29) is 12.1 Å². The van der Waals surface area contributed by atoms with Crippen LogP contribution in [-0.2, 0) is 9.53 Å². The molecule has 0 aromatic carbocycles. The number of rotatable bonds is 6. The maximum absolute atomic E-state index is 11.4. The van der Waals surface area contributed by atoms with Crippen molar-refractivity contribution in [3.8, 4) is 0 Å². The molecule has 0 radical (unpaired) electrons. The Morgan fingerprint density at radius 2 is 2.40 bits per heavy atom. The highest BCUT2D eigenvalue weighted by Crippen LogP contribution is 2.15. The minimum atomic E-state index is -0.0251. The molecule has 0 aliphatic carbocycles. The second kappa shape index (κ2) is 6.83. The van der Waals surface area contributed by atoms with Crippen molar-refractivity contribution in [2.24, 2.45) is 5.92 Å². The van der Waals surface area contributed by atoms with Gasteiger partial charge in [0.1, 0.15) is 0 Å². The van der Waals surface area contributed by atoms with Gasteiger partial charge in [-0.15, -0.1) is 0 Å². The Hall–Kier alpha value is -0.570. The van der Waals surface area contributed by atoms with Crippen LogP contribution in [0.1, 0.15) is 46.0 Å². The SMILES string of the molecule is CCCC(C)OC(=O)CCC1CCNC1. The van der Waals surface area contributed by atoms with Gasteiger partial charge < -0.3 is 10.1 Å². The smallest absolute Gasteiger partial charge is 0.306 e. The molecule has 1 aliphatic heterocycles. The van der Waals surface area contributed by atoms with Gasteiger partial charge in [-0.1, -0.05) is 13.3 Å². The number of hydrogen-bond acceptors (Lipinski definition) is 3. The Balaban J connectivity index is 2.07. The van der Waals surface area contributed by atoms with Crippen LogP contribution < -0.4 is 5.32 Å². The Labute approximate surface area is 92.6 Å². The highest BCUT2D eigenvalue weighted by molar-refractivity contribution is 5.69. The van der Waals surface area contributed by atoms with E-state index in [0.717, 1.165) is 32.4 Å². The molecule has 0 saturated carbocycles. The zero-order valence-electron chi connectivity index (χ0n) is 9.92. The summed E-state index contributed by atoms with van der Waals surface area (Å²) in [7, 11) is 0. The summed E-state index contributed by atoms with van der Waals surface area (Å²) in [6, 6.07) is 0. The van der Waals surface area contributed by atoms with Crippen LogP contribution in [0.25, 0.3) is 0 Å². The van der Waals surface area contributed by atoms with E-state index >= 15 is 0 Å². The molecule has 15 heavy (non-hydrogen) atoms. The molecule has 0 aromatic heterocycles. The van der Waals surface area contributed by atoms with Crippen LogP contribution in [0, 0.1) is 5.92 Å². The monoisotopic (exact) mass is 213 g/mol. The van der Waals surface area contributed by atoms with E-state index in [1.54, 1.807) is 0 Å². The molecule has 1 aliphatic rings. The first-order chi connectivity index (χ1) is 7.22. The zero-order chi connectivity index (χ0) is 11.1. The number of nitrogens with one attached hydrogen (secondary N) is 1.